The number of nitrogens with zero attached hydrogens (tertiary/aromatic N) is 2. The van der Waals surface area contributed by atoms with E-state index >= 15 is 0 Å². The first-order valence-electron chi connectivity index (χ1n) is 7.05. The highest BCUT2D eigenvalue weighted by Crippen LogP contribution is 2.00. The molecule has 0 spiro atoms. The van der Waals surface area contributed by atoms with Crippen molar-refractivity contribution in [3.05, 3.63) is 18.2 Å². The lowest BCUT2D eigenvalue weighted by Gasteiger charge is -2.15. The van der Waals surface area contributed by atoms with Gasteiger partial charge in [-0.15, -0.1) is 0 Å². The van der Waals surface area contributed by atoms with E-state index < -0.39 is 0 Å². The number of rotatable bonds is 8. The van der Waals surface area contributed by atoms with Gasteiger partial charge in [0.1, 0.15) is 5.82 Å². The van der Waals surface area contributed by atoms with Crippen molar-refractivity contribution in [2.75, 3.05) is 6.54 Å². The average Bonchev–Trinajstić information content (AvgIpc) is 2.81. The third-order valence-corrected chi connectivity index (χ3v) is 2.91. The Morgan fingerprint density at radius 1 is 1.42 bits per heavy atom. The number of imidazole rings is 1. The van der Waals surface area contributed by atoms with E-state index in [9.17, 15) is 4.79 Å². The maximum atomic E-state index is 11.8. The number of aromatic nitrogens is 2. The first-order chi connectivity index (χ1) is 9.04. The van der Waals surface area contributed by atoms with E-state index in [1.54, 1.807) is 6.20 Å². The number of carbonyl (C=O) groups excluding carboxylic acids is 1. The van der Waals surface area contributed by atoms with Gasteiger partial charge in [0.05, 0.1) is 12.6 Å². The van der Waals surface area contributed by atoms with Crippen LogP contribution in [0.4, 0.5) is 0 Å². The van der Waals surface area contributed by atoms with Crippen LogP contribution in [0.25, 0.3) is 0 Å². The molecule has 0 bridgehead atoms. The third-order valence-electron chi connectivity index (χ3n) is 2.91. The Kier molecular flexibility index (Phi) is 6.56. The minimum absolute atomic E-state index is 0.0438. The van der Waals surface area contributed by atoms with Gasteiger partial charge in [-0.2, -0.15) is 0 Å². The van der Waals surface area contributed by atoms with E-state index in [-0.39, 0.29) is 11.9 Å². The summed E-state index contributed by atoms with van der Waals surface area (Å²) >= 11 is 0. The molecule has 0 aliphatic carbocycles. The summed E-state index contributed by atoms with van der Waals surface area (Å²) in [7, 11) is 0. The summed E-state index contributed by atoms with van der Waals surface area (Å²) in [4.78, 5) is 16.1. The summed E-state index contributed by atoms with van der Waals surface area (Å²) < 4.78 is 2.12. The fraction of sp³-hybridized carbons (Fsp3) is 0.714. The molecule has 0 radical (unpaired) electrons. The van der Waals surface area contributed by atoms with Gasteiger partial charge in [-0.3, -0.25) is 10.1 Å². The first kappa shape index (κ1) is 15.7. The smallest absolute Gasteiger partial charge is 0.236 e. The van der Waals surface area contributed by atoms with E-state index in [2.05, 4.69) is 41.0 Å². The van der Waals surface area contributed by atoms with Gasteiger partial charge in [0.15, 0.2) is 0 Å². The van der Waals surface area contributed by atoms with Crippen molar-refractivity contribution < 1.29 is 4.79 Å². The van der Waals surface area contributed by atoms with Crippen molar-refractivity contribution in [2.24, 2.45) is 5.92 Å². The fourth-order valence-corrected chi connectivity index (χ4v) is 1.75. The van der Waals surface area contributed by atoms with Crippen molar-refractivity contribution in [3.63, 3.8) is 0 Å². The van der Waals surface area contributed by atoms with E-state index in [0.717, 1.165) is 25.3 Å². The van der Waals surface area contributed by atoms with Gasteiger partial charge in [-0.05, 0) is 19.3 Å². The molecule has 0 aliphatic heterocycles. The lowest BCUT2D eigenvalue weighted by atomic mass is 10.2. The zero-order chi connectivity index (χ0) is 14.3. The minimum atomic E-state index is -0.203. The molecule has 0 fully saturated rings. The molecule has 0 saturated carbocycles. The monoisotopic (exact) mass is 266 g/mol. The summed E-state index contributed by atoms with van der Waals surface area (Å²) in [6.07, 6.45) is 4.86. The minimum Gasteiger partial charge on any atom is -0.354 e. The van der Waals surface area contributed by atoms with Crippen LogP contribution in [0, 0.1) is 5.92 Å². The highest BCUT2D eigenvalue weighted by molar-refractivity contribution is 5.81. The van der Waals surface area contributed by atoms with Crippen molar-refractivity contribution in [2.45, 2.75) is 53.2 Å². The molecule has 0 aliphatic rings. The molecule has 1 rings (SSSR count). The Morgan fingerprint density at radius 3 is 2.79 bits per heavy atom. The number of amides is 1. The van der Waals surface area contributed by atoms with Crippen LogP contribution in [-0.4, -0.2) is 28.0 Å². The van der Waals surface area contributed by atoms with Crippen LogP contribution >= 0.6 is 0 Å². The Bertz CT molecular complexity index is 387. The topological polar surface area (TPSA) is 59.0 Å². The fourth-order valence-electron chi connectivity index (χ4n) is 1.75. The second-order valence-corrected chi connectivity index (χ2v) is 5.28. The highest BCUT2D eigenvalue weighted by atomic mass is 16.2. The van der Waals surface area contributed by atoms with Gasteiger partial charge in [0.2, 0.25) is 5.91 Å². The summed E-state index contributed by atoms with van der Waals surface area (Å²) in [6.45, 7) is 10.5. The van der Waals surface area contributed by atoms with Crippen LogP contribution in [0.15, 0.2) is 12.4 Å². The average molecular weight is 266 g/mol. The molecule has 19 heavy (non-hydrogen) atoms. The van der Waals surface area contributed by atoms with Crippen LogP contribution in [-0.2, 0) is 17.9 Å². The molecule has 1 heterocycles. The SMILES string of the molecule is CCCn1ccnc1CNC(C)C(=O)NCC(C)C. The summed E-state index contributed by atoms with van der Waals surface area (Å²) in [5, 5.41) is 6.14. The molecular weight excluding hydrogens is 240 g/mol. The van der Waals surface area contributed by atoms with E-state index in [1.807, 2.05) is 13.1 Å². The zero-order valence-corrected chi connectivity index (χ0v) is 12.4. The number of hydrogen-bond acceptors (Lipinski definition) is 3. The molecule has 1 aromatic heterocycles. The molecule has 5 heteroatoms. The summed E-state index contributed by atoms with van der Waals surface area (Å²) in [5.41, 5.74) is 0. The molecule has 5 nitrogen and oxygen atoms in total. The molecule has 2 N–H and O–H groups in total. The molecule has 108 valence electrons. The van der Waals surface area contributed by atoms with Gasteiger partial charge in [-0.25, -0.2) is 4.98 Å². The molecule has 0 saturated heterocycles. The predicted octanol–water partition coefficient (Wildman–Crippen LogP) is 1.54. The van der Waals surface area contributed by atoms with Gasteiger partial charge in [-0.1, -0.05) is 20.8 Å². The second kappa shape index (κ2) is 7.94. The molecular formula is C14H26N4O. The van der Waals surface area contributed by atoms with E-state index in [0.29, 0.717) is 12.5 Å². The Hall–Kier alpha value is -1.36. The zero-order valence-electron chi connectivity index (χ0n) is 12.4. The van der Waals surface area contributed by atoms with Gasteiger partial charge in [0.25, 0.3) is 0 Å². The number of aryl methyl sites for hydroxylation is 1. The maximum absolute atomic E-state index is 11.8. The lowest BCUT2D eigenvalue weighted by molar-refractivity contribution is -0.122. The van der Waals surface area contributed by atoms with Gasteiger partial charge >= 0.3 is 0 Å². The lowest BCUT2D eigenvalue weighted by Crippen LogP contribution is -2.43. The van der Waals surface area contributed by atoms with Crippen molar-refractivity contribution in [1.29, 1.82) is 0 Å². The van der Waals surface area contributed by atoms with E-state index in [1.165, 1.54) is 0 Å². The summed E-state index contributed by atoms with van der Waals surface area (Å²) in [6, 6.07) is -0.203. The van der Waals surface area contributed by atoms with Crippen LogP contribution in [0.1, 0.15) is 39.9 Å². The second-order valence-electron chi connectivity index (χ2n) is 5.28. The number of carbonyl (C=O) groups is 1. The highest BCUT2D eigenvalue weighted by Gasteiger charge is 2.13. The summed E-state index contributed by atoms with van der Waals surface area (Å²) in [5.74, 6) is 1.49. The Morgan fingerprint density at radius 2 is 2.16 bits per heavy atom. The van der Waals surface area contributed by atoms with Crippen LogP contribution < -0.4 is 10.6 Å². The van der Waals surface area contributed by atoms with Crippen molar-refractivity contribution in [1.82, 2.24) is 20.2 Å². The third kappa shape index (κ3) is 5.42. The van der Waals surface area contributed by atoms with Crippen LogP contribution in [0.2, 0.25) is 0 Å². The Labute approximate surface area is 115 Å². The van der Waals surface area contributed by atoms with Crippen molar-refractivity contribution in [3.8, 4) is 0 Å². The standard InChI is InChI=1S/C14H26N4O/c1-5-7-18-8-6-15-13(18)10-16-12(4)14(19)17-9-11(2)3/h6,8,11-12,16H,5,7,9-10H2,1-4H3,(H,17,19). The quantitative estimate of drug-likeness (QED) is 0.750. The Balaban J connectivity index is 2.38. The van der Waals surface area contributed by atoms with Gasteiger partial charge < -0.3 is 9.88 Å². The van der Waals surface area contributed by atoms with Crippen molar-refractivity contribution >= 4 is 5.91 Å². The molecule has 1 unspecified atom stereocenters. The first-order valence-corrected chi connectivity index (χ1v) is 7.05. The number of nitrogens with one attached hydrogen (secondary N) is 2. The van der Waals surface area contributed by atoms with Gasteiger partial charge in [0, 0.05) is 25.5 Å². The molecule has 1 amide bonds. The largest absolute Gasteiger partial charge is 0.354 e. The van der Waals surface area contributed by atoms with Crippen LogP contribution in [0.3, 0.4) is 0 Å². The number of hydrogen-bond donors (Lipinski definition) is 2. The van der Waals surface area contributed by atoms with Crippen LogP contribution in [0.5, 0.6) is 0 Å². The molecule has 1 aromatic rings. The predicted molar refractivity (Wildman–Crippen MR) is 76.7 cm³/mol. The van der Waals surface area contributed by atoms with E-state index in [4.69, 9.17) is 0 Å². The normalized spacial score (nSPS) is 12.7. The maximum Gasteiger partial charge on any atom is 0.236 e. The molecule has 0 aromatic carbocycles. The molecule has 1 atom stereocenters.